The van der Waals surface area contributed by atoms with Crippen LogP contribution in [0.3, 0.4) is 0 Å². The second-order valence-electron chi connectivity index (χ2n) is 10.1. The SMILES string of the molecule is CCOc1ccccc1N(CC(=O)N(Cc1ccc(C)cc1)[C@H](CC)C(=O)N[C@@H](C)CC)S(=O)(=O)c1ccc(Cl)cc1. The summed E-state index contributed by atoms with van der Waals surface area (Å²) in [6, 6.07) is 19.2. The average Bonchev–Trinajstić information content (AvgIpc) is 2.97. The first-order valence-corrected chi connectivity index (χ1v) is 16.0. The fourth-order valence-electron chi connectivity index (χ4n) is 4.44. The third kappa shape index (κ3) is 8.26. The summed E-state index contributed by atoms with van der Waals surface area (Å²) in [5.74, 6) is -0.489. The van der Waals surface area contributed by atoms with Crippen molar-refractivity contribution in [2.75, 3.05) is 17.5 Å². The number of anilines is 1. The Labute approximate surface area is 254 Å². The highest BCUT2D eigenvalue weighted by molar-refractivity contribution is 7.92. The van der Waals surface area contributed by atoms with Crippen molar-refractivity contribution in [3.63, 3.8) is 0 Å². The number of aryl methyl sites for hydroxylation is 1. The molecule has 0 heterocycles. The maximum Gasteiger partial charge on any atom is 0.264 e. The summed E-state index contributed by atoms with van der Waals surface area (Å²) in [7, 11) is -4.25. The van der Waals surface area contributed by atoms with Crippen LogP contribution in [-0.4, -0.2) is 50.4 Å². The highest BCUT2D eigenvalue weighted by Gasteiger charge is 2.35. The quantitative estimate of drug-likeness (QED) is 0.242. The lowest BCUT2D eigenvalue weighted by atomic mass is 10.1. The molecular weight excluding hydrogens is 574 g/mol. The van der Waals surface area contributed by atoms with E-state index >= 15 is 0 Å². The van der Waals surface area contributed by atoms with Crippen molar-refractivity contribution < 1.29 is 22.7 Å². The lowest BCUT2D eigenvalue weighted by molar-refractivity contribution is -0.140. The van der Waals surface area contributed by atoms with Gasteiger partial charge in [0.15, 0.2) is 0 Å². The number of carbonyl (C=O) groups excluding carboxylic acids is 2. The summed E-state index contributed by atoms with van der Waals surface area (Å²) in [4.78, 5) is 29.1. The number of benzene rings is 3. The zero-order valence-corrected chi connectivity index (χ0v) is 26.4. The molecule has 0 aliphatic heterocycles. The van der Waals surface area contributed by atoms with Gasteiger partial charge < -0.3 is 15.0 Å². The van der Waals surface area contributed by atoms with Crippen LogP contribution in [0.4, 0.5) is 5.69 Å². The highest BCUT2D eigenvalue weighted by atomic mass is 35.5. The molecule has 0 saturated heterocycles. The minimum absolute atomic E-state index is 0.0300. The Morgan fingerprint density at radius 2 is 1.57 bits per heavy atom. The molecule has 2 atom stereocenters. The van der Waals surface area contributed by atoms with Crippen molar-refractivity contribution in [2.24, 2.45) is 0 Å². The largest absolute Gasteiger partial charge is 0.492 e. The number of nitrogens with one attached hydrogen (secondary N) is 1. The fraction of sp³-hybridized carbons (Fsp3) is 0.375. The number of rotatable bonds is 14. The van der Waals surface area contributed by atoms with Crippen LogP contribution < -0.4 is 14.4 Å². The zero-order valence-electron chi connectivity index (χ0n) is 24.8. The van der Waals surface area contributed by atoms with Crippen LogP contribution in [0.5, 0.6) is 5.75 Å². The Morgan fingerprint density at radius 1 is 0.929 bits per heavy atom. The van der Waals surface area contributed by atoms with E-state index in [4.69, 9.17) is 16.3 Å². The monoisotopic (exact) mass is 613 g/mol. The van der Waals surface area contributed by atoms with Gasteiger partial charge in [-0.1, -0.05) is 67.4 Å². The molecule has 0 aliphatic carbocycles. The van der Waals surface area contributed by atoms with E-state index in [2.05, 4.69) is 5.32 Å². The predicted octanol–water partition coefficient (Wildman–Crippen LogP) is 5.96. The summed E-state index contributed by atoms with van der Waals surface area (Å²) >= 11 is 6.04. The van der Waals surface area contributed by atoms with E-state index in [0.29, 0.717) is 23.8 Å². The Kier molecular flexibility index (Phi) is 11.8. The Morgan fingerprint density at radius 3 is 2.17 bits per heavy atom. The summed E-state index contributed by atoms with van der Waals surface area (Å²) in [5.41, 5.74) is 2.10. The van der Waals surface area contributed by atoms with Gasteiger partial charge in [0.25, 0.3) is 10.0 Å². The number of sulfonamides is 1. The molecule has 3 aromatic rings. The summed E-state index contributed by atoms with van der Waals surface area (Å²) < 4.78 is 35.0. The molecule has 0 radical (unpaired) electrons. The van der Waals surface area contributed by atoms with Gasteiger partial charge in [-0.2, -0.15) is 0 Å². The van der Waals surface area contributed by atoms with Gasteiger partial charge in [-0.3, -0.25) is 13.9 Å². The van der Waals surface area contributed by atoms with E-state index in [-0.39, 0.29) is 29.1 Å². The van der Waals surface area contributed by atoms with Crippen molar-refractivity contribution in [1.29, 1.82) is 0 Å². The molecular formula is C32H40ClN3O5S. The lowest BCUT2D eigenvalue weighted by Crippen LogP contribution is -2.53. The topological polar surface area (TPSA) is 96.0 Å². The van der Waals surface area contributed by atoms with Crippen LogP contribution in [0.15, 0.2) is 77.7 Å². The van der Waals surface area contributed by atoms with Gasteiger partial charge in [0.2, 0.25) is 11.8 Å². The third-order valence-corrected chi connectivity index (χ3v) is 9.00. The van der Waals surface area contributed by atoms with Crippen LogP contribution in [0.25, 0.3) is 0 Å². The van der Waals surface area contributed by atoms with E-state index in [1.807, 2.05) is 52.0 Å². The number of para-hydroxylation sites is 2. The molecule has 8 nitrogen and oxygen atoms in total. The predicted molar refractivity (Wildman–Crippen MR) is 167 cm³/mol. The number of amides is 2. The normalized spacial score (nSPS) is 12.7. The minimum Gasteiger partial charge on any atom is -0.492 e. The highest BCUT2D eigenvalue weighted by Crippen LogP contribution is 2.33. The maximum atomic E-state index is 14.2. The number of nitrogens with zero attached hydrogens (tertiary/aromatic N) is 2. The van der Waals surface area contributed by atoms with E-state index in [1.165, 1.54) is 29.2 Å². The van der Waals surface area contributed by atoms with Crippen LogP contribution in [0, 0.1) is 6.92 Å². The summed E-state index contributed by atoms with van der Waals surface area (Å²) in [6.45, 7) is 9.36. The molecule has 0 bridgehead atoms. The lowest BCUT2D eigenvalue weighted by Gasteiger charge is -2.34. The van der Waals surface area contributed by atoms with Gasteiger partial charge >= 0.3 is 0 Å². The Hall–Kier alpha value is -3.56. The number of hydrogen-bond donors (Lipinski definition) is 1. The van der Waals surface area contributed by atoms with Crippen LogP contribution in [0.1, 0.15) is 51.7 Å². The molecule has 0 aromatic heterocycles. The molecule has 3 aromatic carbocycles. The van der Waals surface area contributed by atoms with Crippen molar-refractivity contribution in [3.05, 3.63) is 88.9 Å². The van der Waals surface area contributed by atoms with Gasteiger partial charge in [-0.25, -0.2) is 8.42 Å². The van der Waals surface area contributed by atoms with E-state index < -0.39 is 28.5 Å². The molecule has 226 valence electrons. The Balaban J connectivity index is 2.10. The standard InChI is InChI=1S/C32H40ClN3O5S/c1-6-24(5)34-32(38)28(7-2)35(21-25-15-13-23(4)14-16-25)31(37)22-36(29-11-9-10-12-30(29)41-8-3)42(39,40)27-19-17-26(33)18-20-27/h9-20,24,28H,6-8,21-22H2,1-5H3,(H,34,38)/t24-,28+/m0/s1. The molecule has 0 aliphatic rings. The first kappa shape index (κ1) is 32.9. The van der Waals surface area contributed by atoms with E-state index in [0.717, 1.165) is 21.9 Å². The first-order valence-electron chi connectivity index (χ1n) is 14.2. The molecule has 42 heavy (non-hydrogen) atoms. The number of halogens is 1. The smallest absolute Gasteiger partial charge is 0.264 e. The van der Waals surface area contributed by atoms with Gasteiger partial charge in [0.05, 0.1) is 17.2 Å². The summed E-state index contributed by atoms with van der Waals surface area (Å²) in [5, 5.41) is 3.37. The van der Waals surface area contributed by atoms with Crippen molar-refractivity contribution >= 4 is 39.1 Å². The number of carbonyl (C=O) groups is 2. The van der Waals surface area contributed by atoms with Crippen molar-refractivity contribution in [2.45, 2.75) is 71.0 Å². The van der Waals surface area contributed by atoms with Crippen molar-refractivity contribution in [3.8, 4) is 5.75 Å². The third-order valence-electron chi connectivity index (χ3n) is 6.97. The fourth-order valence-corrected chi connectivity index (χ4v) is 5.99. The van der Waals surface area contributed by atoms with Gasteiger partial charge in [-0.05, 0) is 75.6 Å². The molecule has 3 rings (SSSR count). The molecule has 1 N–H and O–H groups in total. The molecule has 2 amide bonds. The molecule has 0 saturated carbocycles. The number of hydrogen-bond acceptors (Lipinski definition) is 5. The van der Waals surface area contributed by atoms with Crippen molar-refractivity contribution in [1.82, 2.24) is 10.2 Å². The van der Waals surface area contributed by atoms with Crippen LogP contribution >= 0.6 is 11.6 Å². The van der Waals surface area contributed by atoms with Gasteiger partial charge in [-0.15, -0.1) is 0 Å². The molecule has 10 heteroatoms. The zero-order chi connectivity index (χ0) is 30.9. The first-order chi connectivity index (χ1) is 20.0. The van der Waals surface area contributed by atoms with Gasteiger partial charge in [0, 0.05) is 17.6 Å². The Bertz CT molecular complexity index is 1450. The van der Waals surface area contributed by atoms with Crippen LogP contribution in [-0.2, 0) is 26.2 Å². The van der Waals surface area contributed by atoms with E-state index in [9.17, 15) is 18.0 Å². The molecule has 0 spiro atoms. The van der Waals surface area contributed by atoms with E-state index in [1.54, 1.807) is 31.2 Å². The summed E-state index contributed by atoms with van der Waals surface area (Å²) in [6.07, 6.45) is 1.08. The van der Waals surface area contributed by atoms with Crippen LogP contribution in [0.2, 0.25) is 5.02 Å². The second-order valence-corrected chi connectivity index (χ2v) is 12.4. The average molecular weight is 614 g/mol. The van der Waals surface area contributed by atoms with Gasteiger partial charge in [0.1, 0.15) is 18.3 Å². The molecule has 0 unspecified atom stereocenters. The minimum atomic E-state index is -4.25. The molecule has 0 fully saturated rings. The maximum absolute atomic E-state index is 14.2. The second kappa shape index (κ2) is 15.1. The number of ether oxygens (including phenoxy) is 1.